The highest BCUT2D eigenvalue weighted by Crippen LogP contribution is 2.27. The van der Waals surface area contributed by atoms with E-state index in [0.717, 1.165) is 35.5 Å². The van der Waals surface area contributed by atoms with Crippen molar-refractivity contribution >= 4 is 11.7 Å². The van der Waals surface area contributed by atoms with Crippen molar-refractivity contribution in [3.05, 3.63) is 46.9 Å². The standard InChI is InChI=1S/C20H26N4O2/c1-12(2)10-17-23-18-16(8-9-21-20(18)25)19(24-17)22-13(3)14-6-5-7-15(11-14)26-4/h5-7,11-13H,8-10H2,1-4H3,(H,21,25)(H,22,23,24)/t13-/m0/s1. The number of benzene rings is 1. The molecule has 1 aliphatic heterocycles. The van der Waals surface area contributed by atoms with E-state index in [0.29, 0.717) is 24.0 Å². The summed E-state index contributed by atoms with van der Waals surface area (Å²) >= 11 is 0. The molecule has 1 atom stereocenters. The van der Waals surface area contributed by atoms with Crippen LogP contribution < -0.4 is 15.4 Å². The first-order valence-corrected chi connectivity index (χ1v) is 9.06. The molecule has 0 spiro atoms. The summed E-state index contributed by atoms with van der Waals surface area (Å²) in [4.78, 5) is 21.5. The van der Waals surface area contributed by atoms with Gasteiger partial charge in [0.1, 0.15) is 23.1 Å². The van der Waals surface area contributed by atoms with E-state index < -0.39 is 0 Å². The topological polar surface area (TPSA) is 76.1 Å². The summed E-state index contributed by atoms with van der Waals surface area (Å²) in [5, 5.41) is 6.36. The fraction of sp³-hybridized carbons (Fsp3) is 0.450. The molecule has 6 heteroatoms. The van der Waals surface area contributed by atoms with Crippen LogP contribution in [0, 0.1) is 5.92 Å². The van der Waals surface area contributed by atoms with Gasteiger partial charge in [0.25, 0.3) is 5.91 Å². The minimum atomic E-state index is -0.115. The normalized spacial score (nSPS) is 14.6. The Hall–Kier alpha value is -2.63. The van der Waals surface area contributed by atoms with Crippen molar-refractivity contribution < 1.29 is 9.53 Å². The van der Waals surface area contributed by atoms with E-state index in [1.54, 1.807) is 7.11 Å². The van der Waals surface area contributed by atoms with E-state index in [4.69, 9.17) is 9.72 Å². The number of hydrogen-bond donors (Lipinski definition) is 2. The molecule has 0 saturated heterocycles. The van der Waals surface area contributed by atoms with Gasteiger partial charge in [0, 0.05) is 18.5 Å². The lowest BCUT2D eigenvalue weighted by Crippen LogP contribution is -2.34. The molecule has 26 heavy (non-hydrogen) atoms. The highest BCUT2D eigenvalue weighted by Gasteiger charge is 2.24. The van der Waals surface area contributed by atoms with E-state index in [1.807, 2.05) is 18.2 Å². The third kappa shape index (κ3) is 3.95. The van der Waals surface area contributed by atoms with Crippen molar-refractivity contribution in [1.82, 2.24) is 15.3 Å². The van der Waals surface area contributed by atoms with E-state index in [-0.39, 0.29) is 11.9 Å². The number of amides is 1. The number of hydrogen-bond acceptors (Lipinski definition) is 5. The van der Waals surface area contributed by atoms with Crippen LogP contribution in [0.4, 0.5) is 5.82 Å². The Morgan fingerprint density at radius 2 is 2.08 bits per heavy atom. The first kappa shape index (κ1) is 18.2. The number of rotatable bonds is 6. The summed E-state index contributed by atoms with van der Waals surface area (Å²) < 4.78 is 5.32. The molecule has 1 aromatic heterocycles. The van der Waals surface area contributed by atoms with Crippen molar-refractivity contribution in [2.24, 2.45) is 5.92 Å². The van der Waals surface area contributed by atoms with Crippen LogP contribution in [0.1, 0.15) is 54.3 Å². The lowest BCUT2D eigenvalue weighted by molar-refractivity contribution is 0.0940. The van der Waals surface area contributed by atoms with Gasteiger partial charge < -0.3 is 15.4 Å². The summed E-state index contributed by atoms with van der Waals surface area (Å²) in [6.07, 6.45) is 1.47. The molecule has 6 nitrogen and oxygen atoms in total. The molecule has 1 aliphatic rings. The number of aromatic nitrogens is 2. The van der Waals surface area contributed by atoms with Gasteiger partial charge in [-0.05, 0) is 37.0 Å². The Morgan fingerprint density at radius 3 is 2.81 bits per heavy atom. The third-order valence-corrected chi connectivity index (χ3v) is 4.47. The second kappa shape index (κ2) is 7.72. The molecule has 2 N–H and O–H groups in total. The largest absolute Gasteiger partial charge is 0.497 e. The van der Waals surface area contributed by atoms with Gasteiger partial charge >= 0.3 is 0 Å². The van der Waals surface area contributed by atoms with Crippen LogP contribution in [0.5, 0.6) is 5.75 Å². The number of anilines is 1. The number of carbonyl (C=O) groups is 1. The molecule has 1 aromatic carbocycles. The third-order valence-electron chi connectivity index (χ3n) is 4.47. The van der Waals surface area contributed by atoms with Crippen LogP contribution in [-0.2, 0) is 12.8 Å². The van der Waals surface area contributed by atoms with Crippen molar-refractivity contribution in [3.8, 4) is 5.75 Å². The predicted molar refractivity (Wildman–Crippen MR) is 102 cm³/mol. The monoisotopic (exact) mass is 354 g/mol. The molecule has 1 amide bonds. The average molecular weight is 354 g/mol. The zero-order valence-electron chi connectivity index (χ0n) is 15.8. The lowest BCUT2D eigenvalue weighted by atomic mass is 10.0. The van der Waals surface area contributed by atoms with Gasteiger partial charge in [0.2, 0.25) is 0 Å². The molecule has 0 radical (unpaired) electrons. The molecular weight excluding hydrogens is 328 g/mol. The quantitative estimate of drug-likeness (QED) is 0.833. The molecule has 0 aliphatic carbocycles. The smallest absolute Gasteiger partial charge is 0.270 e. The van der Waals surface area contributed by atoms with Crippen molar-refractivity contribution in [3.63, 3.8) is 0 Å². The molecule has 3 rings (SSSR count). The Kier molecular flexibility index (Phi) is 5.40. The summed E-state index contributed by atoms with van der Waals surface area (Å²) in [5.41, 5.74) is 2.50. The highest BCUT2D eigenvalue weighted by atomic mass is 16.5. The zero-order chi connectivity index (χ0) is 18.7. The van der Waals surface area contributed by atoms with Crippen LogP contribution in [0.25, 0.3) is 0 Å². The van der Waals surface area contributed by atoms with E-state index in [1.165, 1.54) is 0 Å². The van der Waals surface area contributed by atoms with Gasteiger partial charge in [-0.15, -0.1) is 0 Å². The minimum absolute atomic E-state index is 0.0287. The second-order valence-corrected chi connectivity index (χ2v) is 7.06. The number of fused-ring (bicyclic) bond motifs is 1. The van der Waals surface area contributed by atoms with Gasteiger partial charge in [0.05, 0.1) is 13.2 Å². The number of methoxy groups -OCH3 is 1. The molecule has 0 saturated carbocycles. The number of ether oxygens (including phenoxy) is 1. The SMILES string of the molecule is COc1cccc([C@H](C)Nc2nc(CC(C)C)nc3c2CCNC3=O)c1. The van der Waals surface area contributed by atoms with E-state index >= 15 is 0 Å². The number of carbonyl (C=O) groups excluding carboxylic acids is 1. The Balaban J connectivity index is 1.94. The Labute approximate surface area is 154 Å². The van der Waals surface area contributed by atoms with Gasteiger partial charge in [-0.25, -0.2) is 9.97 Å². The highest BCUT2D eigenvalue weighted by molar-refractivity contribution is 5.96. The summed E-state index contributed by atoms with van der Waals surface area (Å²) in [6.45, 7) is 6.93. The molecule has 2 heterocycles. The Morgan fingerprint density at radius 1 is 1.27 bits per heavy atom. The summed E-state index contributed by atoms with van der Waals surface area (Å²) in [7, 11) is 1.66. The van der Waals surface area contributed by atoms with Gasteiger partial charge in [-0.1, -0.05) is 26.0 Å². The summed E-state index contributed by atoms with van der Waals surface area (Å²) in [6, 6.07) is 7.98. The zero-order valence-corrected chi connectivity index (χ0v) is 15.8. The van der Waals surface area contributed by atoms with Gasteiger partial charge in [0.15, 0.2) is 0 Å². The molecule has 0 unspecified atom stereocenters. The van der Waals surface area contributed by atoms with Gasteiger partial charge in [-0.2, -0.15) is 0 Å². The minimum Gasteiger partial charge on any atom is -0.497 e. The van der Waals surface area contributed by atoms with Crippen LogP contribution in [0.3, 0.4) is 0 Å². The maximum atomic E-state index is 12.3. The van der Waals surface area contributed by atoms with E-state index in [2.05, 4.69) is 42.5 Å². The maximum Gasteiger partial charge on any atom is 0.270 e. The molecule has 138 valence electrons. The van der Waals surface area contributed by atoms with Crippen LogP contribution >= 0.6 is 0 Å². The molecule has 2 aromatic rings. The Bertz CT molecular complexity index is 804. The van der Waals surface area contributed by atoms with E-state index in [9.17, 15) is 4.79 Å². The van der Waals surface area contributed by atoms with Crippen LogP contribution in [0.2, 0.25) is 0 Å². The molecular formula is C20H26N4O2. The first-order valence-electron chi connectivity index (χ1n) is 9.06. The van der Waals surface area contributed by atoms with Crippen molar-refractivity contribution in [2.75, 3.05) is 19.0 Å². The maximum absolute atomic E-state index is 12.3. The molecule has 0 fully saturated rings. The van der Waals surface area contributed by atoms with Crippen LogP contribution in [0.15, 0.2) is 24.3 Å². The average Bonchev–Trinajstić information content (AvgIpc) is 2.62. The van der Waals surface area contributed by atoms with Gasteiger partial charge in [-0.3, -0.25) is 4.79 Å². The first-order chi connectivity index (χ1) is 12.5. The second-order valence-electron chi connectivity index (χ2n) is 7.06. The van der Waals surface area contributed by atoms with Crippen LogP contribution in [-0.4, -0.2) is 29.5 Å². The molecule has 0 bridgehead atoms. The number of nitrogens with zero attached hydrogens (tertiary/aromatic N) is 2. The van der Waals surface area contributed by atoms with Crippen molar-refractivity contribution in [1.29, 1.82) is 0 Å². The van der Waals surface area contributed by atoms with Crippen molar-refractivity contribution in [2.45, 2.75) is 39.7 Å². The predicted octanol–water partition coefficient (Wildman–Crippen LogP) is 3.14. The lowest BCUT2D eigenvalue weighted by Gasteiger charge is -2.23. The fourth-order valence-corrected chi connectivity index (χ4v) is 3.11. The fourth-order valence-electron chi connectivity index (χ4n) is 3.11. The summed E-state index contributed by atoms with van der Waals surface area (Å²) in [5.74, 6) is 2.59. The number of nitrogens with one attached hydrogen (secondary N) is 2.